The molecule has 33 heavy (non-hydrogen) atoms. The van der Waals surface area contributed by atoms with Crippen LogP contribution in [0.25, 0.3) is 5.76 Å². The molecule has 1 fully saturated rings. The van der Waals surface area contributed by atoms with Crippen molar-refractivity contribution in [2.45, 2.75) is 26.3 Å². The Morgan fingerprint density at radius 1 is 1.12 bits per heavy atom. The largest absolute Gasteiger partial charge is 0.507 e. The fourth-order valence-corrected chi connectivity index (χ4v) is 4.13. The van der Waals surface area contributed by atoms with Gasteiger partial charge in [0.2, 0.25) is 0 Å². The number of hydrogen-bond donors (Lipinski definition) is 1. The molecule has 176 valence electrons. The van der Waals surface area contributed by atoms with Crippen molar-refractivity contribution in [2.75, 3.05) is 40.9 Å². The fourth-order valence-electron chi connectivity index (χ4n) is 4.13. The van der Waals surface area contributed by atoms with E-state index in [0.717, 1.165) is 17.7 Å². The van der Waals surface area contributed by atoms with Gasteiger partial charge in [0, 0.05) is 12.1 Å². The maximum Gasteiger partial charge on any atom is 0.295 e. The minimum absolute atomic E-state index is 0.0896. The number of aliphatic hydroxyl groups is 1. The van der Waals surface area contributed by atoms with E-state index >= 15 is 0 Å². The van der Waals surface area contributed by atoms with Crippen LogP contribution in [0.1, 0.15) is 36.1 Å². The normalized spacial score (nSPS) is 17.6. The highest BCUT2D eigenvalue weighted by Crippen LogP contribution is 2.41. The van der Waals surface area contributed by atoms with E-state index in [1.54, 1.807) is 30.2 Å². The van der Waals surface area contributed by atoms with Gasteiger partial charge in [0.1, 0.15) is 17.3 Å². The number of nitrogens with zero attached hydrogens (tertiary/aromatic N) is 2. The number of carbonyl (C=O) groups excluding carboxylic acids is 2. The Morgan fingerprint density at radius 2 is 1.88 bits per heavy atom. The van der Waals surface area contributed by atoms with E-state index in [1.165, 1.54) is 0 Å². The van der Waals surface area contributed by atoms with E-state index in [-0.39, 0.29) is 11.3 Å². The van der Waals surface area contributed by atoms with Crippen molar-refractivity contribution in [2.24, 2.45) is 0 Å². The SMILES string of the molecule is CCOc1cccc(C2/C(=C(\O)c3ccc(OC)cc3C)C(=O)C(=O)N2CCCN(C)C)c1. The summed E-state index contributed by atoms with van der Waals surface area (Å²) in [5, 5.41) is 11.3. The standard InChI is InChI=1S/C26H32N2O5/c1-6-33-20-10-7-9-18(16-20)23-22(24(29)21-12-11-19(32-5)15-17(21)2)25(30)26(31)28(23)14-8-13-27(3)4/h7,9-12,15-16,23,29H,6,8,13-14H2,1-5H3/b24-22+. The third-order valence-electron chi connectivity index (χ3n) is 5.72. The average molecular weight is 453 g/mol. The second kappa shape index (κ2) is 10.5. The van der Waals surface area contributed by atoms with Crippen LogP contribution in [0.15, 0.2) is 48.0 Å². The molecule has 7 heteroatoms. The van der Waals surface area contributed by atoms with E-state index in [1.807, 2.05) is 57.1 Å². The summed E-state index contributed by atoms with van der Waals surface area (Å²) in [6, 6.07) is 11.9. The third-order valence-corrected chi connectivity index (χ3v) is 5.72. The van der Waals surface area contributed by atoms with E-state index in [2.05, 4.69) is 0 Å². The third kappa shape index (κ3) is 5.20. The van der Waals surface area contributed by atoms with Crippen LogP contribution in [-0.4, -0.2) is 67.5 Å². The molecule has 2 aromatic rings. The second-order valence-corrected chi connectivity index (χ2v) is 8.34. The smallest absolute Gasteiger partial charge is 0.295 e. The Balaban J connectivity index is 2.13. The van der Waals surface area contributed by atoms with Gasteiger partial charge in [0.05, 0.1) is 25.3 Å². The molecule has 1 heterocycles. The number of methoxy groups -OCH3 is 1. The molecule has 1 aliphatic heterocycles. The highest BCUT2D eigenvalue weighted by molar-refractivity contribution is 6.46. The van der Waals surface area contributed by atoms with E-state index in [4.69, 9.17) is 9.47 Å². The predicted octanol–water partition coefficient (Wildman–Crippen LogP) is 3.78. The molecule has 0 aromatic heterocycles. The summed E-state index contributed by atoms with van der Waals surface area (Å²) in [6.45, 7) is 5.39. The number of hydrogen-bond acceptors (Lipinski definition) is 6. The van der Waals surface area contributed by atoms with Gasteiger partial charge >= 0.3 is 0 Å². The van der Waals surface area contributed by atoms with Crippen molar-refractivity contribution in [1.82, 2.24) is 9.80 Å². The molecular weight excluding hydrogens is 420 g/mol. The van der Waals surface area contributed by atoms with Crippen LogP contribution < -0.4 is 9.47 Å². The van der Waals surface area contributed by atoms with Crippen LogP contribution in [-0.2, 0) is 9.59 Å². The first-order valence-corrected chi connectivity index (χ1v) is 11.1. The van der Waals surface area contributed by atoms with Crippen molar-refractivity contribution >= 4 is 17.4 Å². The van der Waals surface area contributed by atoms with Gasteiger partial charge in [-0.15, -0.1) is 0 Å². The van der Waals surface area contributed by atoms with Crippen LogP contribution in [0.5, 0.6) is 11.5 Å². The molecule has 1 atom stereocenters. The maximum absolute atomic E-state index is 13.2. The highest BCUT2D eigenvalue weighted by atomic mass is 16.5. The molecule has 1 unspecified atom stereocenters. The Labute approximate surface area is 195 Å². The Hall–Kier alpha value is -3.32. The second-order valence-electron chi connectivity index (χ2n) is 8.34. The number of likely N-dealkylation sites (tertiary alicyclic amines) is 1. The molecule has 1 amide bonds. The molecule has 1 N–H and O–H groups in total. The fraction of sp³-hybridized carbons (Fsp3) is 0.385. The van der Waals surface area contributed by atoms with Gasteiger partial charge in [-0.3, -0.25) is 9.59 Å². The minimum Gasteiger partial charge on any atom is -0.507 e. The summed E-state index contributed by atoms with van der Waals surface area (Å²) in [5.74, 6) is -0.174. The molecule has 1 aliphatic rings. The molecule has 2 aromatic carbocycles. The van der Waals surface area contributed by atoms with Gasteiger partial charge in [-0.25, -0.2) is 0 Å². The first-order valence-electron chi connectivity index (χ1n) is 11.1. The molecular formula is C26H32N2O5. The van der Waals surface area contributed by atoms with E-state index in [9.17, 15) is 14.7 Å². The summed E-state index contributed by atoms with van der Waals surface area (Å²) in [6.07, 6.45) is 0.698. The number of aryl methyl sites for hydroxylation is 1. The predicted molar refractivity (Wildman–Crippen MR) is 128 cm³/mol. The van der Waals surface area contributed by atoms with Crippen molar-refractivity contribution in [3.8, 4) is 11.5 Å². The molecule has 7 nitrogen and oxygen atoms in total. The topological polar surface area (TPSA) is 79.3 Å². The lowest BCUT2D eigenvalue weighted by atomic mass is 9.93. The Morgan fingerprint density at radius 3 is 2.52 bits per heavy atom. The molecule has 0 radical (unpaired) electrons. The highest BCUT2D eigenvalue weighted by Gasteiger charge is 2.46. The molecule has 0 aliphatic carbocycles. The van der Waals surface area contributed by atoms with Crippen molar-refractivity contribution in [3.05, 3.63) is 64.7 Å². The maximum atomic E-state index is 13.2. The number of ether oxygens (including phenoxy) is 2. The quantitative estimate of drug-likeness (QED) is 0.354. The van der Waals surface area contributed by atoms with E-state index in [0.29, 0.717) is 36.6 Å². The monoisotopic (exact) mass is 452 g/mol. The summed E-state index contributed by atoms with van der Waals surface area (Å²) >= 11 is 0. The Bertz CT molecular complexity index is 1060. The number of benzene rings is 2. The number of ketones is 1. The molecule has 0 bridgehead atoms. The zero-order valence-corrected chi connectivity index (χ0v) is 19.9. The number of rotatable bonds is 9. The molecule has 0 saturated carbocycles. The van der Waals surface area contributed by atoms with Crippen molar-refractivity contribution in [1.29, 1.82) is 0 Å². The molecule has 0 spiro atoms. The zero-order chi connectivity index (χ0) is 24.1. The van der Waals surface area contributed by atoms with Gasteiger partial charge in [-0.05, 0) is 82.4 Å². The van der Waals surface area contributed by atoms with Gasteiger partial charge < -0.3 is 24.4 Å². The summed E-state index contributed by atoms with van der Waals surface area (Å²) in [5.41, 5.74) is 2.05. The van der Waals surface area contributed by atoms with Crippen molar-refractivity contribution < 1.29 is 24.2 Å². The average Bonchev–Trinajstić information content (AvgIpc) is 3.04. The molecule has 1 saturated heterocycles. The zero-order valence-electron chi connectivity index (χ0n) is 19.9. The lowest BCUT2D eigenvalue weighted by molar-refractivity contribution is -0.139. The van der Waals surface area contributed by atoms with Crippen LogP contribution >= 0.6 is 0 Å². The first-order chi connectivity index (χ1) is 15.8. The van der Waals surface area contributed by atoms with Gasteiger partial charge in [0.15, 0.2) is 0 Å². The van der Waals surface area contributed by atoms with Gasteiger partial charge in [0.25, 0.3) is 11.7 Å². The lowest BCUT2D eigenvalue weighted by Crippen LogP contribution is -2.32. The lowest BCUT2D eigenvalue weighted by Gasteiger charge is -2.26. The first kappa shape index (κ1) is 24.3. The number of Topliss-reactive ketones (excluding diaryl/α,β-unsaturated/α-hetero) is 1. The van der Waals surface area contributed by atoms with Crippen LogP contribution in [0.4, 0.5) is 0 Å². The Kier molecular flexibility index (Phi) is 7.76. The molecule has 3 rings (SSSR count). The minimum atomic E-state index is -0.700. The van der Waals surface area contributed by atoms with Crippen LogP contribution in [0.3, 0.4) is 0 Å². The van der Waals surface area contributed by atoms with E-state index < -0.39 is 17.7 Å². The number of amides is 1. The number of carbonyl (C=O) groups is 2. The van der Waals surface area contributed by atoms with Gasteiger partial charge in [-0.2, -0.15) is 0 Å². The summed E-state index contributed by atoms with van der Waals surface area (Å²) in [4.78, 5) is 29.8. The number of aliphatic hydroxyl groups excluding tert-OH is 1. The summed E-state index contributed by atoms with van der Waals surface area (Å²) < 4.78 is 10.9. The van der Waals surface area contributed by atoms with Gasteiger partial charge in [-0.1, -0.05) is 12.1 Å². The van der Waals surface area contributed by atoms with Crippen LogP contribution in [0, 0.1) is 6.92 Å². The summed E-state index contributed by atoms with van der Waals surface area (Å²) in [7, 11) is 5.49. The van der Waals surface area contributed by atoms with Crippen molar-refractivity contribution in [3.63, 3.8) is 0 Å². The van der Waals surface area contributed by atoms with Crippen LogP contribution in [0.2, 0.25) is 0 Å².